The lowest BCUT2D eigenvalue weighted by atomic mass is 9.73. The number of aromatic nitrogens is 3. The molecule has 0 aromatic carbocycles. The highest BCUT2D eigenvalue weighted by atomic mass is 15.4. The summed E-state index contributed by atoms with van der Waals surface area (Å²) in [4.78, 5) is 0. The molecule has 1 saturated carbocycles. The van der Waals surface area contributed by atoms with Crippen molar-refractivity contribution in [3.05, 3.63) is 11.9 Å². The Balaban J connectivity index is 2.05. The maximum atomic E-state index is 4.30. The van der Waals surface area contributed by atoms with Crippen molar-refractivity contribution in [1.82, 2.24) is 20.3 Å². The maximum absolute atomic E-state index is 4.30. The van der Waals surface area contributed by atoms with E-state index >= 15 is 0 Å². The van der Waals surface area contributed by atoms with Gasteiger partial charge in [-0.2, -0.15) is 0 Å². The molecule has 4 heteroatoms. The zero-order valence-electron chi connectivity index (χ0n) is 14.2. The molecule has 1 aliphatic carbocycles. The Bertz CT molecular complexity index is 413. The number of hydrogen-bond acceptors (Lipinski definition) is 3. The fourth-order valence-corrected chi connectivity index (χ4v) is 3.55. The molecule has 2 rings (SSSR count). The molecule has 1 N–H and O–H groups in total. The molecule has 1 aromatic rings. The largest absolute Gasteiger partial charge is 0.316 e. The minimum atomic E-state index is 0.620. The second-order valence-corrected chi connectivity index (χ2v) is 7.22. The van der Waals surface area contributed by atoms with Crippen molar-refractivity contribution < 1.29 is 0 Å². The zero-order valence-corrected chi connectivity index (χ0v) is 14.2. The van der Waals surface area contributed by atoms with Gasteiger partial charge in [-0.1, -0.05) is 39.3 Å². The quantitative estimate of drug-likeness (QED) is 0.837. The van der Waals surface area contributed by atoms with Crippen LogP contribution in [0.15, 0.2) is 6.20 Å². The lowest BCUT2D eigenvalue weighted by molar-refractivity contribution is 0.231. The molecule has 120 valence electrons. The van der Waals surface area contributed by atoms with E-state index in [1.165, 1.54) is 25.0 Å². The van der Waals surface area contributed by atoms with Crippen molar-refractivity contribution in [1.29, 1.82) is 0 Å². The van der Waals surface area contributed by atoms with Crippen LogP contribution in [0, 0.1) is 17.8 Å². The minimum Gasteiger partial charge on any atom is -0.316 e. The van der Waals surface area contributed by atoms with Crippen LogP contribution in [0.3, 0.4) is 0 Å². The molecule has 3 atom stereocenters. The molecule has 0 amide bonds. The van der Waals surface area contributed by atoms with Crippen molar-refractivity contribution in [3.8, 4) is 0 Å². The third-order valence-corrected chi connectivity index (χ3v) is 4.68. The molecule has 0 bridgehead atoms. The van der Waals surface area contributed by atoms with Crippen LogP contribution < -0.4 is 5.32 Å². The van der Waals surface area contributed by atoms with E-state index in [0.717, 1.165) is 43.8 Å². The summed E-state index contributed by atoms with van der Waals surface area (Å²) in [5, 5.41) is 12.1. The van der Waals surface area contributed by atoms with E-state index in [2.05, 4.69) is 48.0 Å². The summed E-state index contributed by atoms with van der Waals surface area (Å²) in [5.74, 6) is 2.89. The Morgan fingerprint density at radius 2 is 2.19 bits per heavy atom. The first-order valence-corrected chi connectivity index (χ1v) is 8.70. The van der Waals surface area contributed by atoms with Crippen molar-refractivity contribution >= 4 is 0 Å². The molecule has 1 aromatic heterocycles. The van der Waals surface area contributed by atoms with Gasteiger partial charge in [0.25, 0.3) is 0 Å². The fourth-order valence-electron chi connectivity index (χ4n) is 3.55. The summed E-state index contributed by atoms with van der Waals surface area (Å²) in [6.45, 7) is 12.4. The molecular weight excluding hydrogens is 260 g/mol. The Hall–Kier alpha value is -0.900. The van der Waals surface area contributed by atoms with E-state index in [1.807, 2.05) is 6.20 Å². The van der Waals surface area contributed by atoms with E-state index in [1.54, 1.807) is 0 Å². The summed E-state index contributed by atoms with van der Waals surface area (Å²) in [6, 6.07) is 0. The van der Waals surface area contributed by atoms with E-state index in [9.17, 15) is 0 Å². The Kier molecular flexibility index (Phi) is 6.22. The molecule has 0 spiro atoms. The van der Waals surface area contributed by atoms with E-state index < -0.39 is 0 Å². The third-order valence-electron chi connectivity index (χ3n) is 4.68. The SMILES string of the molecule is CCCn1nncc1C1CC(C)CCC1CNCC(C)C. The number of rotatable bonds is 7. The van der Waals surface area contributed by atoms with Crippen molar-refractivity contribution in [3.63, 3.8) is 0 Å². The fraction of sp³-hybridized carbons (Fsp3) is 0.882. The number of nitrogens with zero attached hydrogens (tertiary/aromatic N) is 3. The minimum absolute atomic E-state index is 0.620. The average Bonchev–Trinajstić information content (AvgIpc) is 2.88. The first-order valence-electron chi connectivity index (χ1n) is 8.70. The maximum Gasteiger partial charge on any atom is 0.0728 e. The van der Waals surface area contributed by atoms with E-state index in [4.69, 9.17) is 0 Å². The van der Waals surface area contributed by atoms with Crippen LogP contribution >= 0.6 is 0 Å². The average molecular weight is 292 g/mol. The molecule has 1 heterocycles. The second kappa shape index (κ2) is 7.92. The van der Waals surface area contributed by atoms with E-state index in [0.29, 0.717) is 5.92 Å². The van der Waals surface area contributed by atoms with Gasteiger partial charge in [-0.15, -0.1) is 5.10 Å². The van der Waals surface area contributed by atoms with Gasteiger partial charge in [0.15, 0.2) is 0 Å². The molecule has 1 fully saturated rings. The van der Waals surface area contributed by atoms with Crippen LogP contribution in [-0.4, -0.2) is 28.1 Å². The third kappa shape index (κ3) is 4.53. The normalized spacial score (nSPS) is 26.4. The van der Waals surface area contributed by atoms with Crippen LogP contribution in [-0.2, 0) is 6.54 Å². The number of nitrogens with one attached hydrogen (secondary N) is 1. The molecule has 4 nitrogen and oxygen atoms in total. The summed E-state index contributed by atoms with van der Waals surface area (Å²) in [6.07, 6.45) is 7.10. The Labute approximate surface area is 129 Å². The van der Waals surface area contributed by atoms with Crippen molar-refractivity contribution in [2.24, 2.45) is 17.8 Å². The molecule has 0 saturated heterocycles. The van der Waals surface area contributed by atoms with Crippen molar-refractivity contribution in [2.75, 3.05) is 13.1 Å². The standard InChI is InChI=1S/C17H32N4/c1-5-8-21-17(12-19-20-21)16-9-14(4)6-7-15(16)11-18-10-13(2)3/h12-16,18H,5-11H2,1-4H3. The summed E-state index contributed by atoms with van der Waals surface area (Å²) in [5.41, 5.74) is 1.36. The van der Waals surface area contributed by atoms with Gasteiger partial charge in [0.1, 0.15) is 0 Å². The molecule has 1 aliphatic rings. The Morgan fingerprint density at radius 3 is 2.90 bits per heavy atom. The predicted octanol–water partition coefficient (Wildman–Crippen LogP) is 3.45. The van der Waals surface area contributed by atoms with Gasteiger partial charge in [-0.3, -0.25) is 0 Å². The molecule has 0 aliphatic heterocycles. The van der Waals surface area contributed by atoms with Crippen LogP contribution in [0.5, 0.6) is 0 Å². The monoisotopic (exact) mass is 292 g/mol. The van der Waals surface area contributed by atoms with Gasteiger partial charge >= 0.3 is 0 Å². The highest BCUT2D eigenvalue weighted by Crippen LogP contribution is 2.39. The Morgan fingerprint density at radius 1 is 1.38 bits per heavy atom. The van der Waals surface area contributed by atoms with Crippen molar-refractivity contribution in [2.45, 2.75) is 65.8 Å². The predicted molar refractivity (Wildman–Crippen MR) is 87.3 cm³/mol. The van der Waals surface area contributed by atoms with Gasteiger partial charge in [-0.25, -0.2) is 4.68 Å². The van der Waals surface area contributed by atoms with Gasteiger partial charge in [0.05, 0.1) is 11.9 Å². The van der Waals surface area contributed by atoms with Crippen LogP contribution in [0.25, 0.3) is 0 Å². The number of hydrogen-bond donors (Lipinski definition) is 1. The first-order chi connectivity index (χ1) is 10.1. The highest BCUT2D eigenvalue weighted by molar-refractivity contribution is 5.08. The van der Waals surface area contributed by atoms with Gasteiger partial charge < -0.3 is 5.32 Å². The summed E-state index contributed by atoms with van der Waals surface area (Å²) >= 11 is 0. The lowest BCUT2D eigenvalue weighted by Gasteiger charge is -2.35. The smallest absolute Gasteiger partial charge is 0.0728 e. The highest BCUT2D eigenvalue weighted by Gasteiger charge is 2.31. The molecule has 0 radical (unpaired) electrons. The van der Waals surface area contributed by atoms with Gasteiger partial charge in [0.2, 0.25) is 0 Å². The zero-order chi connectivity index (χ0) is 15.2. The molecule has 3 unspecified atom stereocenters. The van der Waals surface area contributed by atoms with Gasteiger partial charge in [-0.05, 0) is 50.1 Å². The van der Waals surface area contributed by atoms with Crippen LogP contribution in [0.2, 0.25) is 0 Å². The van der Waals surface area contributed by atoms with Crippen LogP contribution in [0.1, 0.15) is 65.0 Å². The second-order valence-electron chi connectivity index (χ2n) is 7.22. The molecule has 21 heavy (non-hydrogen) atoms. The summed E-state index contributed by atoms with van der Waals surface area (Å²) in [7, 11) is 0. The first kappa shape index (κ1) is 16.5. The van der Waals surface area contributed by atoms with Crippen LogP contribution in [0.4, 0.5) is 0 Å². The topological polar surface area (TPSA) is 42.7 Å². The molecular formula is C17H32N4. The number of aryl methyl sites for hydroxylation is 1. The van der Waals surface area contributed by atoms with E-state index in [-0.39, 0.29) is 0 Å². The summed E-state index contributed by atoms with van der Waals surface area (Å²) < 4.78 is 2.14. The lowest BCUT2D eigenvalue weighted by Crippen LogP contribution is -2.34. The van der Waals surface area contributed by atoms with Gasteiger partial charge in [0, 0.05) is 12.5 Å².